The molecule has 3 heterocycles. The summed E-state index contributed by atoms with van der Waals surface area (Å²) in [6.45, 7) is 6.24. The average Bonchev–Trinajstić information content (AvgIpc) is 3.64. The van der Waals surface area contributed by atoms with Gasteiger partial charge in [-0.2, -0.15) is 0 Å². The van der Waals surface area contributed by atoms with Crippen LogP contribution in [0.1, 0.15) is 39.2 Å². The minimum absolute atomic E-state index is 0.613. The maximum Gasteiger partial charge on any atom is 0.164 e. The molecule has 308 valence electrons. The zero-order chi connectivity index (χ0) is 43.6. The van der Waals surface area contributed by atoms with Gasteiger partial charge in [-0.25, -0.2) is 15.0 Å². The molecule has 1 aliphatic heterocycles. The molecule has 1 aliphatic carbocycles. The molecule has 5 heteroatoms. The first kappa shape index (κ1) is 38.4. The average molecular weight is 835 g/mol. The van der Waals surface area contributed by atoms with E-state index in [2.05, 4.69) is 195 Å². The Balaban J connectivity index is 0.960. The van der Waals surface area contributed by atoms with Crippen LogP contribution < -0.4 is 4.74 Å². The quantitative estimate of drug-likeness (QED) is 0.167. The molecule has 5 nitrogen and oxygen atoms in total. The second kappa shape index (κ2) is 15.2. The summed E-state index contributed by atoms with van der Waals surface area (Å²) in [5.41, 5.74) is 19.8. The Hall–Kier alpha value is -8.28. The summed E-state index contributed by atoms with van der Waals surface area (Å²) in [7, 11) is 0. The third-order valence-electron chi connectivity index (χ3n) is 13.4. The normalized spacial score (nSPS) is 14.3. The van der Waals surface area contributed by atoms with Gasteiger partial charge in [0.05, 0.1) is 5.41 Å². The minimum Gasteiger partial charge on any atom is -0.457 e. The van der Waals surface area contributed by atoms with Gasteiger partial charge in [0.25, 0.3) is 0 Å². The first-order chi connectivity index (χ1) is 32.0. The van der Waals surface area contributed by atoms with Crippen LogP contribution in [-0.2, 0) is 5.41 Å². The lowest BCUT2D eigenvalue weighted by molar-refractivity contribution is 0.436. The zero-order valence-electron chi connectivity index (χ0n) is 36.2. The van der Waals surface area contributed by atoms with Crippen molar-refractivity contribution in [1.29, 1.82) is 0 Å². The molecule has 0 N–H and O–H groups in total. The van der Waals surface area contributed by atoms with Crippen molar-refractivity contribution in [3.63, 3.8) is 0 Å². The number of fused-ring (bicyclic) bond motifs is 9. The van der Waals surface area contributed by atoms with Crippen LogP contribution in [0, 0.1) is 20.8 Å². The molecule has 2 aromatic heterocycles. The van der Waals surface area contributed by atoms with Crippen LogP contribution in [0.2, 0.25) is 0 Å². The van der Waals surface area contributed by atoms with Gasteiger partial charge in [-0.05, 0) is 111 Å². The summed E-state index contributed by atoms with van der Waals surface area (Å²) >= 11 is 0. The molecule has 0 radical (unpaired) electrons. The topological polar surface area (TPSA) is 60.8 Å². The largest absolute Gasteiger partial charge is 0.457 e. The number of pyridine rings is 1. The molecule has 0 saturated carbocycles. The van der Waals surface area contributed by atoms with Crippen LogP contribution in [0.15, 0.2) is 200 Å². The first-order valence-electron chi connectivity index (χ1n) is 22.1. The van der Waals surface area contributed by atoms with Gasteiger partial charge >= 0.3 is 0 Å². The number of ether oxygens (including phenoxy) is 1. The van der Waals surface area contributed by atoms with E-state index in [0.29, 0.717) is 17.5 Å². The number of hydrogen-bond donors (Lipinski definition) is 0. The van der Waals surface area contributed by atoms with E-state index in [1.807, 2.05) is 31.5 Å². The minimum atomic E-state index is -0.613. The molecule has 2 aliphatic rings. The van der Waals surface area contributed by atoms with Gasteiger partial charge in [-0.3, -0.25) is 4.98 Å². The summed E-state index contributed by atoms with van der Waals surface area (Å²) in [5, 5.41) is 0. The third kappa shape index (κ3) is 6.15. The molecular formula is C60H42N4O. The molecule has 1 atom stereocenters. The van der Waals surface area contributed by atoms with E-state index >= 15 is 0 Å². The van der Waals surface area contributed by atoms with Crippen LogP contribution in [0.5, 0.6) is 11.5 Å². The summed E-state index contributed by atoms with van der Waals surface area (Å²) in [6, 6.07) is 67.0. The fourth-order valence-corrected chi connectivity index (χ4v) is 10.2. The second-order valence-corrected chi connectivity index (χ2v) is 17.1. The molecule has 0 amide bonds. The molecule has 12 rings (SSSR count). The molecule has 1 unspecified atom stereocenters. The van der Waals surface area contributed by atoms with Crippen molar-refractivity contribution in [1.82, 2.24) is 19.9 Å². The molecule has 1 spiro atoms. The van der Waals surface area contributed by atoms with Crippen LogP contribution >= 0.6 is 0 Å². The summed E-state index contributed by atoms with van der Waals surface area (Å²) < 4.78 is 6.91. The molecule has 0 fully saturated rings. The first-order valence-corrected chi connectivity index (χ1v) is 22.1. The monoisotopic (exact) mass is 834 g/mol. The van der Waals surface area contributed by atoms with Crippen LogP contribution in [0.25, 0.3) is 78.4 Å². The number of benzene rings is 8. The zero-order valence-corrected chi connectivity index (χ0v) is 36.2. The van der Waals surface area contributed by atoms with Crippen molar-refractivity contribution >= 4 is 0 Å². The number of para-hydroxylation sites is 1. The van der Waals surface area contributed by atoms with Gasteiger partial charge in [0.15, 0.2) is 11.6 Å². The van der Waals surface area contributed by atoms with Crippen molar-refractivity contribution in [2.45, 2.75) is 26.2 Å². The van der Waals surface area contributed by atoms with E-state index in [1.54, 1.807) is 0 Å². The van der Waals surface area contributed by atoms with E-state index in [4.69, 9.17) is 19.7 Å². The van der Waals surface area contributed by atoms with Gasteiger partial charge in [-0.15, -0.1) is 0 Å². The fourth-order valence-electron chi connectivity index (χ4n) is 10.2. The Morgan fingerprint density at radius 2 is 0.908 bits per heavy atom. The SMILES string of the molecule is Cc1nc(-c2ccc3c(c2)-c2ccccc2C32c3ccccc3Oc3cc(-c4ccc(-c5ccccc5-c5cncc(C)c5C)cc4)ccc32)nc(-c2ccccc2-c2ccccc2)n1. The molecule has 0 bridgehead atoms. The van der Waals surface area contributed by atoms with Gasteiger partial charge in [0.2, 0.25) is 0 Å². The fraction of sp³-hybridized carbons (Fsp3) is 0.0667. The highest BCUT2D eigenvalue weighted by molar-refractivity contribution is 5.91. The Bertz CT molecular complexity index is 3510. The lowest BCUT2D eigenvalue weighted by Crippen LogP contribution is -2.32. The molecule has 8 aromatic carbocycles. The van der Waals surface area contributed by atoms with Crippen LogP contribution in [0.4, 0.5) is 0 Å². The van der Waals surface area contributed by atoms with Gasteiger partial charge in [0.1, 0.15) is 17.3 Å². The van der Waals surface area contributed by atoms with E-state index in [-0.39, 0.29) is 0 Å². The highest BCUT2D eigenvalue weighted by Gasteiger charge is 2.51. The van der Waals surface area contributed by atoms with E-state index in [0.717, 1.165) is 72.7 Å². The van der Waals surface area contributed by atoms with Crippen molar-refractivity contribution in [3.8, 4) is 89.9 Å². The molecule has 10 aromatic rings. The van der Waals surface area contributed by atoms with Crippen LogP contribution in [0.3, 0.4) is 0 Å². The van der Waals surface area contributed by atoms with Gasteiger partial charge in [0, 0.05) is 40.2 Å². The smallest absolute Gasteiger partial charge is 0.164 e. The van der Waals surface area contributed by atoms with E-state index in [9.17, 15) is 0 Å². The van der Waals surface area contributed by atoms with E-state index < -0.39 is 5.41 Å². The maximum absolute atomic E-state index is 6.91. The number of aromatic nitrogens is 4. The lowest BCUT2D eigenvalue weighted by Gasteiger charge is -2.39. The number of hydrogen-bond acceptors (Lipinski definition) is 5. The Morgan fingerprint density at radius 3 is 1.71 bits per heavy atom. The Labute approximate surface area is 378 Å². The molecule has 65 heavy (non-hydrogen) atoms. The summed E-state index contributed by atoms with van der Waals surface area (Å²) in [4.78, 5) is 19.5. The van der Waals surface area contributed by atoms with Crippen LogP contribution in [-0.4, -0.2) is 19.9 Å². The van der Waals surface area contributed by atoms with Crippen molar-refractivity contribution in [2.75, 3.05) is 0 Å². The summed E-state index contributed by atoms with van der Waals surface area (Å²) in [6.07, 6.45) is 3.91. The maximum atomic E-state index is 6.91. The second-order valence-electron chi connectivity index (χ2n) is 17.1. The standard InChI is InChI=1S/C60H42N4O/c1-37-35-61-36-51(38(37)2)47-19-9-7-17-45(47)42-27-25-40(26-28-42)43-29-32-55-57(34-43)65-56-24-14-13-23-54(56)60(55)52-22-12-11-20-48(52)50-33-44(30-31-53(50)60)58-62-39(3)63-59(64-58)49-21-10-8-18-46(49)41-15-5-4-6-16-41/h4-36H,1-3H3. The van der Waals surface area contributed by atoms with Gasteiger partial charge < -0.3 is 4.74 Å². The van der Waals surface area contributed by atoms with E-state index in [1.165, 1.54) is 38.9 Å². The lowest BCUT2D eigenvalue weighted by atomic mass is 9.66. The molecule has 0 saturated heterocycles. The van der Waals surface area contributed by atoms with Gasteiger partial charge in [-0.1, -0.05) is 170 Å². The third-order valence-corrected chi connectivity index (χ3v) is 13.4. The van der Waals surface area contributed by atoms with Crippen molar-refractivity contribution < 1.29 is 4.74 Å². The predicted molar refractivity (Wildman–Crippen MR) is 262 cm³/mol. The van der Waals surface area contributed by atoms with Crippen molar-refractivity contribution in [3.05, 3.63) is 240 Å². The highest BCUT2D eigenvalue weighted by atomic mass is 16.5. The predicted octanol–water partition coefficient (Wildman–Crippen LogP) is 14.7. The highest BCUT2D eigenvalue weighted by Crippen LogP contribution is 2.62. The number of nitrogens with zero attached hydrogens (tertiary/aromatic N) is 4. The molecular weight excluding hydrogens is 793 g/mol. The Kier molecular flexibility index (Phi) is 8.99. The number of rotatable bonds is 6. The summed E-state index contributed by atoms with van der Waals surface area (Å²) in [5.74, 6) is 3.67. The number of aryl methyl sites for hydroxylation is 2. The Morgan fingerprint density at radius 1 is 0.354 bits per heavy atom. The van der Waals surface area contributed by atoms with Crippen molar-refractivity contribution in [2.24, 2.45) is 0 Å².